The van der Waals surface area contributed by atoms with Gasteiger partial charge in [-0.25, -0.2) is 4.79 Å². The topological polar surface area (TPSA) is 60.7 Å². The largest absolute Gasteiger partial charge is 0.323 e. The average Bonchev–Trinajstić information content (AvgIpc) is 2.57. The zero-order chi connectivity index (χ0) is 10.5. The van der Waals surface area contributed by atoms with Gasteiger partial charge in [0.1, 0.15) is 0 Å². The minimum atomic E-state index is -0.105. The lowest BCUT2D eigenvalue weighted by atomic mass is 9.70. The molecule has 2 heterocycles. The SMILES string of the molecule is O=c1[nH]c2cc3c(cc2[nH]1)C12CNCC31C2. The maximum atomic E-state index is 11.2. The van der Waals surface area contributed by atoms with Crippen molar-refractivity contribution in [3.63, 3.8) is 0 Å². The zero-order valence-corrected chi connectivity index (χ0v) is 8.68. The molecule has 0 radical (unpaired) electrons. The van der Waals surface area contributed by atoms with Crippen LogP contribution in [0.1, 0.15) is 17.5 Å². The van der Waals surface area contributed by atoms with E-state index in [0.717, 1.165) is 24.1 Å². The monoisotopic (exact) mass is 213 g/mol. The van der Waals surface area contributed by atoms with Crippen LogP contribution in [0.15, 0.2) is 16.9 Å². The van der Waals surface area contributed by atoms with Crippen LogP contribution >= 0.6 is 0 Å². The van der Waals surface area contributed by atoms with Crippen LogP contribution in [0.25, 0.3) is 11.0 Å². The van der Waals surface area contributed by atoms with E-state index < -0.39 is 0 Å². The second kappa shape index (κ2) is 1.86. The number of fused-ring (bicyclic) bond motifs is 2. The summed E-state index contributed by atoms with van der Waals surface area (Å²) in [6.45, 7) is 2.22. The molecule has 0 amide bonds. The van der Waals surface area contributed by atoms with E-state index in [-0.39, 0.29) is 5.69 Å². The molecule has 2 aliphatic carbocycles. The third kappa shape index (κ3) is 0.531. The summed E-state index contributed by atoms with van der Waals surface area (Å²) in [5, 5.41) is 3.49. The van der Waals surface area contributed by atoms with Gasteiger partial charge in [0.15, 0.2) is 0 Å². The minimum absolute atomic E-state index is 0.105. The summed E-state index contributed by atoms with van der Waals surface area (Å²) in [6.07, 6.45) is 1.30. The Kier molecular flexibility index (Phi) is 0.894. The van der Waals surface area contributed by atoms with Crippen molar-refractivity contribution in [2.45, 2.75) is 17.3 Å². The molecule has 4 nitrogen and oxygen atoms in total. The third-order valence-electron chi connectivity index (χ3n) is 4.93. The van der Waals surface area contributed by atoms with E-state index in [1.54, 1.807) is 0 Å². The molecule has 3 N–H and O–H groups in total. The molecule has 1 saturated carbocycles. The molecule has 2 aromatic rings. The fraction of sp³-hybridized carbons (Fsp3) is 0.417. The number of H-pyrrole nitrogens is 2. The number of hydrogen-bond donors (Lipinski definition) is 3. The smallest absolute Gasteiger partial charge is 0.315 e. The van der Waals surface area contributed by atoms with Crippen molar-refractivity contribution in [2.24, 2.45) is 0 Å². The van der Waals surface area contributed by atoms with E-state index in [0.29, 0.717) is 10.8 Å². The van der Waals surface area contributed by atoms with Gasteiger partial charge in [-0.15, -0.1) is 0 Å². The molecular formula is C12H11N3O. The first-order valence-corrected chi connectivity index (χ1v) is 5.73. The van der Waals surface area contributed by atoms with Gasteiger partial charge in [-0.05, 0) is 29.7 Å². The van der Waals surface area contributed by atoms with Crippen LogP contribution in [-0.2, 0) is 10.8 Å². The highest BCUT2D eigenvalue weighted by Crippen LogP contribution is 2.76. The Labute approximate surface area is 91.1 Å². The Balaban J connectivity index is 1.90. The Morgan fingerprint density at radius 1 is 1.00 bits per heavy atom. The Morgan fingerprint density at radius 3 is 2.12 bits per heavy atom. The van der Waals surface area contributed by atoms with Gasteiger partial charge in [0.25, 0.3) is 0 Å². The van der Waals surface area contributed by atoms with Crippen molar-refractivity contribution in [3.05, 3.63) is 33.7 Å². The second-order valence-corrected chi connectivity index (χ2v) is 5.47. The summed E-state index contributed by atoms with van der Waals surface area (Å²) in [5.74, 6) is 0. The molecule has 3 aliphatic rings. The molecule has 1 aromatic heterocycles. The van der Waals surface area contributed by atoms with E-state index in [4.69, 9.17) is 0 Å². The van der Waals surface area contributed by atoms with Crippen LogP contribution in [0, 0.1) is 0 Å². The first-order valence-electron chi connectivity index (χ1n) is 5.73. The van der Waals surface area contributed by atoms with Crippen molar-refractivity contribution < 1.29 is 0 Å². The minimum Gasteiger partial charge on any atom is -0.315 e. The van der Waals surface area contributed by atoms with Gasteiger partial charge in [0.05, 0.1) is 11.0 Å². The summed E-state index contributed by atoms with van der Waals surface area (Å²) < 4.78 is 0. The lowest BCUT2D eigenvalue weighted by Crippen LogP contribution is -2.33. The van der Waals surface area contributed by atoms with Crippen LogP contribution < -0.4 is 11.0 Å². The maximum absolute atomic E-state index is 11.2. The second-order valence-electron chi connectivity index (χ2n) is 5.47. The number of imidazole rings is 1. The highest BCUT2D eigenvalue weighted by Gasteiger charge is 2.79. The van der Waals surface area contributed by atoms with Crippen LogP contribution in [0.4, 0.5) is 0 Å². The van der Waals surface area contributed by atoms with Gasteiger partial charge in [-0.1, -0.05) is 0 Å². The maximum Gasteiger partial charge on any atom is 0.323 e. The highest BCUT2D eigenvalue weighted by molar-refractivity contribution is 5.83. The normalized spacial score (nSPS) is 37.8. The predicted octanol–water partition coefficient (Wildman–Crippen LogP) is 0.352. The van der Waals surface area contributed by atoms with Gasteiger partial charge in [0.2, 0.25) is 0 Å². The summed E-state index contributed by atoms with van der Waals surface area (Å²) >= 11 is 0. The van der Waals surface area contributed by atoms with Crippen molar-refractivity contribution in [1.29, 1.82) is 0 Å². The molecule has 0 spiro atoms. The quantitative estimate of drug-likeness (QED) is 0.591. The van der Waals surface area contributed by atoms with Crippen LogP contribution in [0.5, 0.6) is 0 Å². The summed E-state index contributed by atoms with van der Waals surface area (Å²) in [5.41, 5.74) is 5.55. The molecule has 4 heteroatoms. The molecule has 2 unspecified atom stereocenters. The molecule has 2 fully saturated rings. The summed E-state index contributed by atoms with van der Waals surface area (Å²) in [7, 11) is 0. The Bertz CT molecular complexity index is 657. The van der Waals surface area contributed by atoms with Crippen molar-refractivity contribution >= 4 is 11.0 Å². The number of piperidine rings is 1. The van der Waals surface area contributed by atoms with E-state index in [9.17, 15) is 4.79 Å². The lowest BCUT2D eigenvalue weighted by Gasteiger charge is -2.32. The molecule has 16 heavy (non-hydrogen) atoms. The number of aromatic nitrogens is 2. The molecule has 80 valence electrons. The third-order valence-corrected chi connectivity index (χ3v) is 4.93. The molecule has 2 atom stereocenters. The van der Waals surface area contributed by atoms with Gasteiger partial charge in [-0.3, -0.25) is 0 Å². The van der Waals surface area contributed by atoms with E-state index in [1.807, 2.05) is 0 Å². The van der Waals surface area contributed by atoms with Crippen LogP contribution in [0.2, 0.25) is 0 Å². The first kappa shape index (κ1) is 7.68. The van der Waals surface area contributed by atoms with E-state index in [2.05, 4.69) is 27.4 Å². The van der Waals surface area contributed by atoms with Crippen LogP contribution in [0.3, 0.4) is 0 Å². The van der Waals surface area contributed by atoms with Gasteiger partial charge in [0, 0.05) is 23.9 Å². The predicted molar refractivity (Wildman–Crippen MR) is 59.8 cm³/mol. The molecule has 0 bridgehead atoms. The molecule has 1 aromatic carbocycles. The van der Waals surface area contributed by atoms with Gasteiger partial charge >= 0.3 is 5.69 Å². The number of aromatic amines is 2. The number of rotatable bonds is 0. The van der Waals surface area contributed by atoms with Gasteiger partial charge < -0.3 is 15.3 Å². The molecular weight excluding hydrogens is 202 g/mol. The Morgan fingerprint density at radius 2 is 1.56 bits per heavy atom. The number of benzene rings is 1. The van der Waals surface area contributed by atoms with Crippen molar-refractivity contribution in [1.82, 2.24) is 15.3 Å². The van der Waals surface area contributed by atoms with Crippen molar-refractivity contribution in [2.75, 3.05) is 13.1 Å². The fourth-order valence-corrected chi connectivity index (χ4v) is 4.13. The highest BCUT2D eigenvalue weighted by atomic mass is 16.1. The van der Waals surface area contributed by atoms with Gasteiger partial charge in [-0.2, -0.15) is 0 Å². The fourth-order valence-electron chi connectivity index (χ4n) is 4.13. The summed E-state index contributed by atoms with van der Waals surface area (Å²) in [6, 6.07) is 4.33. The number of nitrogens with one attached hydrogen (secondary N) is 3. The molecule has 1 saturated heterocycles. The number of hydrogen-bond acceptors (Lipinski definition) is 2. The van der Waals surface area contributed by atoms with Crippen molar-refractivity contribution in [3.8, 4) is 0 Å². The summed E-state index contributed by atoms with van der Waals surface area (Å²) in [4.78, 5) is 16.9. The van der Waals surface area contributed by atoms with E-state index >= 15 is 0 Å². The average molecular weight is 213 g/mol. The lowest BCUT2D eigenvalue weighted by molar-refractivity contribution is 0.578. The molecule has 5 rings (SSSR count). The standard InChI is InChI=1S/C12H11N3O/c16-10-14-8-1-6-7(2-9(8)15-10)12-3-11(6,12)4-13-5-12/h1-2,13H,3-5H2,(H2,14,15,16). The zero-order valence-electron chi connectivity index (χ0n) is 8.68. The molecule has 1 aliphatic heterocycles. The van der Waals surface area contributed by atoms with Crippen LogP contribution in [-0.4, -0.2) is 23.1 Å². The first-order chi connectivity index (χ1) is 7.75. The van der Waals surface area contributed by atoms with E-state index in [1.165, 1.54) is 17.5 Å². The Hall–Kier alpha value is -1.55.